The number of rotatable bonds is 10. The molecule has 0 radical (unpaired) electrons. The minimum Gasteiger partial charge on any atom is -0.363 e. The van der Waals surface area contributed by atoms with E-state index in [4.69, 9.17) is 63.6 Å². The summed E-state index contributed by atoms with van der Waals surface area (Å²) < 4.78 is 63.7. The van der Waals surface area contributed by atoms with E-state index in [0.29, 0.717) is 44.0 Å². The summed E-state index contributed by atoms with van der Waals surface area (Å²) >= 11 is 25.0. The van der Waals surface area contributed by atoms with Crippen molar-refractivity contribution in [1.29, 1.82) is 0 Å². The SMILES string of the molecule is CCCC12CC3(O)C(=O)N(C)C(C)(O)C(=O)N3C1N(S(=O)(=O)c1ccccc1)c1ccccc12.CCCC12C[C@@]34SC(=S)SC(C)(C(=O)N3C1N(c1ccccc1)c1ccccc12)N(C)C4=O.CCC[C@]12CC34SC(=S)SC(C)(C(=O)N3[C@H]1N(c1ccccc1)c1ccccc12)N(C)C4=O.O=S=O.O=S=O.S=S=S=S=S=S=S=S=S=S=S=S=S=S=S=S=S=S=S=S=S=S=S=S=S=S=S. The van der Waals surface area contributed by atoms with Gasteiger partial charge < -0.3 is 34.7 Å². The fourth-order valence-corrected chi connectivity index (χ4v) is 91.4. The van der Waals surface area contributed by atoms with Gasteiger partial charge in [-0.05, 0) is 111 Å². The normalized spacial score (nSPS) is 27.2. The molecule has 2 spiro atoms. The molecule has 13 heterocycles. The van der Waals surface area contributed by atoms with Gasteiger partial charge in [0.25, 0.3) is 45.5 Å². The van der Waals surface area contributed by atoms with Gasteiger partial charge in [0, 0.05) is 324 Å². The lowest BCUT2D eigenvalue weighted by Crippen LogP contribution is -2.75. The van der Waals surface area contributed by atoms with Crippen LogP contribution in [0.1, 0.15) is 116 Å². The van der Waals surface area contributed by atoms with E-state index in [0.717, 1.165) is 62.5 Å². The van der Waals surface area contributed by atoms with Crippen LogP contribution < -0.4 is 14.1 Å². The zero-order chi connectivity index (χ0) is 96.1. The van der Waals surface area contributed by atoms with Crippen molar-refractivity contribution >= 4 is 420 Å². The summed E-state index contributed by atoms with van der Waals surface area (Å²) in [5, 5.41) is 22.6. The third kappa shape index (κ3) is 21.4. The summed E-state index contributed by atoms with van der Waals surface area (Å²) in [7, 11) is 44.2. The Morgan fingerprint density at radius 2 is 0.662 bits per heavy atom. The lowest BCUT2D eigenvalue weighted by molar-refractivity contribution is -0.224. The number of para-hydroxylation sites is 5. The molecule has 9 unspecified atom stereocenters. The number of anilines is 5. The molecule has 6 amide bonds. The average molecular weight is 2470 g/mol. The number of amides is 6. The van der Waals surface area contributed by atoms with E-state index in [1.165, 1.54) is 102 Å². The van der Waals surface area contributed by atoms with Crippen molar-refractivity contribution in [2.24, 2.45) is 0 Å². The monoisotopic (exact) mass is 2470 g/mol. The number of benzene rings is 6. The molecule has 718 valence electrons. The summed E-state index contributed by atoms with van der Waals surface area (Å²) in [6.45, 7) is 11.1. The number of hydrogen-bond donors (Lipinski definition) is 2. The second kappa shape index (κ2) is 48.5. The highest BCUT2D eigenvalue weighted by atomic mass is 33.5. The molecule has 0 aromatic heterocycles. The number of aliphatic hydroxyl groups is 2. The van der Waals surface area contributed by atoms with Crippen molar-refractivity contribution in [2.45, 2.75) is 170 Å². The predicted molar refractivity (Wildman–Crippen MR) is 617 cm³/mol. The first kappa shape index (κ1) is 110. The number of fused-ring (bicyclic) bond motifs is 17. The predicted octanol–water partition coefficient (Wildman–Crippen LogP) is 10.1. The molecule has 10 saturated heterocycles. The van der Waals surface area contributed by atoms with E-state index in [1.807, 2.05) is 147 Å². The van der Waals surface area contributed by atoms with Crippen LogP contribution in [0.5, 0.6) is 0 Å². The minimum absolute atomic E-state index is 0.0164. The van der Waals surface area contributed by atoms with E-state index in [2.05, 4.69) is 96.4 Å². The second-order valence-corrected chi connectivity index (χ2v) is 84.3. The summed E-state index contributed by atoms with van der Waals surface area (Å²) in [5.41, 5.74) is 1.48. The summed E-state index contributed by atoms with van der Waals surface area (Å²) in [6, 6.07) is 52.2. The quantitative estimate of drug-likeness (QED) is 0.121. The van der Waals surface area contributed by atoms with Gasteiger partial charge >= 0.3 is 23.1 Å². The number of piperazine rings is 3. The van der Waals surface area contributed by atoms with Crippen molar-refractivity contribution in [3.05, 3.63) is 180 Å². The fourth-order valence-electron chi connectivity index (χ4n) is 18.9. The number of carbonyl (C=O) groups excluding carboxylic acids is 6. The standard InChI is InChI=1S/2C25H25N3O2S3.C24H27N3O6S.2O2S.S27/c2*1-4-14-24-15-25-21(30)26(3)23(2,32-22(31)33-25)20(29)28(25)19(24)27(16-10-6-5-7-11-16)18-13-9-8-12-17(18)24;1-4-14-23-15-24(31)21(29)25(3)22(2,30)20(28)26(24)19(23)27(18-13-9-8-12-17(18)23)34(32,33)16-10-6-5-7-11-16;2*1-3-2;1-3-5-7-9-11-13-15-17-19-21-23-25-27-26-24-22-20-18-16-14-12-10-8-6-4-2/h2*5-13,19H,4,14-15H2,1-3H3;5-13,19,30-31H,4,14-15H2,1-3H3;;;/t19?,23?,24?,25-;19-,23?,24-,25?;;;;/m01..../s1. The third-order valence-corrected chi connectivity index (χ3v) is 84.9. The van der Waals surface area contributed by atoms with Gasteiger partial charge in [0.1, 0.15) is 25.6 Å². The molecule has 0 saturated carbocycles. The van der Waals surface area contributed by atoms with E-state index >= 15 is 0 Å². The van der Waals surface area contributed by atoms with Gasteiger partial charge in [0.2, 0.25) is 11.4 Å². The molecule has 10 fully saturated rings. The lowest BCUT2D eigenvalue weighted by Gasteiger charge is -2.51. The molecular weight excluding hydrogens is 2390 g/mol. The van der Waals surface area contributed by atoms with Gasteiger partial charge in [-0.3, -0.25) is 43.5 Å². The third-order valence-electron chi connectivity index (χ3n) is 23.8. The van der Waals surface area contributed by atoms with Crippen LogP contribution in [0.4, 0.5) is 28.4 Å². The Balaban J connectivity index is 0.000000157. The van der Waals surface area contributed by atoms with Gasteiger partial charge in [-0.25, -0.2) is 12.7 Å². The highest BCUT2D eigenvalue weighted by Crippen LogP contribution is 2.71. The number of sulfonamides is 1. The van der Waals surface area contributed by atoms with Crippen molar-refractivity contribution in [3.8, 4) is 0 Å². The molecule has 12 atom stereocenters. The van der Waals surface area contributed by atoms with Crippen molar-refractivity contribution in [1.82, 2.24) is 29.4 Å². The van der Waals surface area contributed by atoms with Gasteiger partial charge in [0.15, 0.2) is 19.5 Å². The fraction of sp³-hybridized carbons (Fsp3) is 0.405. The van der Waals surface area contributed by atoms with Crippen LogP contribution in [0.15, 0.2) is 169 Å². The number of thioether (sulfide) groups is 4. The van der Waals surface area contributed by atoms with Gasteiger partial charge in [0.05, 0.1) is 10.6 Å². The maximum atomic E-state index is 14.3. The largest absolute Gasteiger partial charge is 0.363 e. The molecule has 2 N–H and O–H groups in total. The Morgan fingerprint density at radius 1 is 0.368 bits per heavy atom. The first-order valence-electron chi connectivity index (χ1n) is 38.8. The zero-order valence-electron chi connectivity index (χ0n) is 70.2. The Labute approximate surface area is 886 Å². The van der Waals surface area contributed by atoms with Gasteiger partial charge in [-0.1, -0.05) is 221 Å². The van der Waals surface area contributed by atoms with Crippen LogP contribution >= 0.6 is 71.5 Å². The molecule has 4 bridgehead atoms. The van der Waals surface area contributed by atoms with E-state index in [9.17, 15) is 47.4 Å². The number of likely N-dealkylation sites (N-methyl/N-ethyl adjacent to an activating group) is 3. The molecule has 23 nitrogen and oxygen atoms in total. The van der Waals surface area contributed by atoms with Crippen LogP contribution in [-0.2, 0) is 323 Å². The summed E-state index contributed by atoms with van der Waals surface area (Å²) in [5.74, 6) is -1.87. The molecule has 13 aliphatic rings. The molecule has 19 rings (SSSR count). The topological polar surface area (TPSA) is 274 Å². The zero-order valence-corrected chi connectivity index (χ0v) is 99.6. The Hall–Kier alpha value is -1.43. The van der Waals surface area contributed by atoms with Gasteiger partial charge in [-0.15, -0.1) is 0 Å². The first-order valence-corrected chi connectivity index (χ1v) is 80.3. The van der Waals surface area contributed by atoms with Crippen LogP contribution in [0.25, 0.3) is 0 Å². The van der Waals surface area contributed by atoms with Gasteiger partial charge in [-0.2, -0.15) is 16.8 Å². The average Bonchev–Trinajstić information content (AvgIpc) is 1.53. The van der Waals surface area contributed by atoms with Crippen LogP contribution in [-0.4, -0.2) is 178 Å². The maximum Gasteiger partial charge on any atom is 0.335 e. The molecule has 59 heteroatoms. The van der Waals surface area contributed by atoms with Crippen LogP contribution in [0.3, 0.4) is 0 Å². The van der Waals surface area contributed by atoms with Crippen LogP contribution in [0, 0.1) is 0 Å². The first-order chi connectivity index (χ1) is 63.8. The summed E-state index contributed by atoms with van der Waals surface area (Å²) in [6.07, 6.45) is 3.88. The highest BCUT2D eigenvalue weighted by molar-refractivity contribution is 8.79. The van der Waals surface area contributed by atoms with E-state index < -0.39 is 87.5 Å². The summed E-state index contributed by atoms with van der Waals surface area (Å²) in [4.78, 5) is 93.1. The Kier molecular flexibility index (Phi) is 40.3. The van der Waals surface area contributed by atoms with E-state index in [1.54, 1.807) is 191 Å². The molecule has 0 aliphatic carbocycles. The Bertz CT molecular complexity index is 6910. The van der Waals surface area contributed by atoms with E-state index in [-0.39, 0.29) is 58.1 Å². The highest BCUT2D eigenvalue weighted by Gasteiger charge is 2.80. The molecule has 133 heavy (non-hydrogen) atoms. The number of hydrogen-bond acceptors (Lipinski definition) is 24. The Morgan fingerprint density at radius 3 is 0.992 bits per heavy atom. The minimum atomic E-state index is -4.21. The van der Waals surface area contributed by atoms with Crippen molar-refractivity contribution < 1.29 is 64.2 Å². The second-order valence-electron chi connectivity index (χ2n) is 30.2. The number of nitrogens with zero attached hydrogens (tertiary/aromatic N) is 9. The molecular formula is C74H77N9O14S36. The molecule has 13 aliphatic heterocycles. The van der Waals surface area contributed by atoms with Crippen LogP contribution in [0.2, 0.25) is 0 Å². The number of carbonyl (C=O) groups is 6. The molecule has 6 aromatic rings. The van der Waals surface area contributed by atoms with Crippen molar-refractivity contribution in [2.75, 3.05) is 35.2 Å². The van der Waals surface area contributed by atoms with Crippen molar-refractivity contribution in [3.63, 3.8) is 0 Å². The number of thiocarbonyl (C=S) groups is 2. The lowest BCUT2D eigenvalue weighted by atomic mass is 9.74. The molecule has 6 aromatic carbocycles. The maximum absolute atomic E-state index is 14.3. The smallest absolute Gasteiger partial charge is 0.335 e.